The van der Waals surface area contributed by atoms with Gasteiger partial charge in [-0.2, -0.15) is 0 Å². The minimum Gasteiger partial charge on any atom is -0.457 e. The fraction of sp³-hybridized carbons (Fsp3) is 0.279. The van der Waals surface area contributed by atoms with Crippen molar-refractivity contribution in [3.63, 3.8) is 0 Å². The Morgan fingerprint density at radius 2 is 0.986 bits per heavy atom. The molecule has 0 atom stereocenters. The van der Waals surface area contributed by atoms with Gasteiger partial charge in [0, 0.05) is 57.5 Å². The maximum Gasteiger partial charge on any atom is 0.137 e. The first kappa shape index (κ1) is 49.2. The number of anilines is 2. The summed E-state index contributed by atoms with van der Waals surface area (Å²) in [6.45, 7) is 30.6. The SMILES string of the molecule is CC(C)(C)c1cc(N2CN(c3cc(Oc4cc(C(C)(C)C)c5c6ccccc6n(-c6cc(C(C)(C)C)ccn6)c5c4)cc(C(C)(C)c4ccccc4)c3)C=C2c2ccccc2)cc(C(C)(C)c2ccccc2)c1. The minimum atomic E-state index is -0.351. The summed E-state index contributed by atoms with van der Waals surface area (Å²) in [5, 5.41) is 2.42. The number of benzene rings is 7. The molecule has 0 spiro atoms. The van der Waals surface area contributed by atoms with Crippen LogP contribution >= 0.6 is 0 Å². The van der Waals surface area contributed by atoms with Crippen molar-refractivity contribution in [2.45, 2.75) is 117 Å². The Bertz CT molecular complexity index is 3510. The van der Waals surface area contributed by atoms with Crippen molar-refractivity contribution in [2.24, 2.45) is 0 Å². The molecule has 2 aromatic heterocycles. The number of rotatable bonds is 10. The molecule has 0 unspecified atom stereocenters. The molecule has 73 heavy (non-hydrogen) atoms. The molecule has 0 amide bonds. The van der Waals surface area contributed by atoms with Gasteiger partial charge in [0.25, 0.3) is 0 Å². The monoisotopic (exact) mass is 961 g/mol. The molecular formula is C68H72N4O. The van der Waals surface area contributed by atoms with Crippen molar-refractivity contribution in [2.75, 3.05) is 16.5 Å². The maximum atomic E-state index is 7.34. The highest BCUT2D eigenvalue weighted by Gasteiger charge is 2.33. The molecule has 0 aliphatic carbocycles. The second-order valence-corrected chi connectivity index (χ2v) is 24.4. The molecule has 10 rings (SSSR count). The third kappa shape index (κ3) is 9.47. The van der Waals surface area contributed by atoms with Crippen molar-refractivity contribution >= 4 is 38.9 Å². The fourth-order valence-corrected chi connectivity index (χ4v) is 10.6. The van der Waals surface area contributed by atoms with Gasteiger partial charge in [0.15, 0.2) is 0 Å². The average Bonchev–Trinajstić information content (AvgIpc) is 3.97. The van der Waals surface area contributed by atoms with E-state index in [-0.39, 0.29) is 27.1 Å². The van der Waals surface area contributed by atoms with E-state index in [4.69, 9.17) is 9.72 Å². The van der Waals surface area contributed by atoms with E-state index in [1.54, 1.807) is 0 Å². The molecule has 0 radical (unpaired) electrons. The van der Waals surface area contributed by atoms with Gasteiger partial charge in [0.05, 0.1) is 23.4 Å². The van der Waals surface area contributed by atoms with Crippen LogP contribution in [0.25, 0.3) is 33.3 Å². The van der Waals surface area contributed by atoms with Crippen molar-refractivity contribution in [3.8, 4) is 17.3 Å². The highest BCUT2D eigenvalue weighted by Crippen LogP contribution is 2.46. The number of pyridine rings is 1. The Kier molecular flexibility index (Phi) is 12.3. The van der Waals surface area contributed by atoms with E-state index in [1.807, 2.05) is 6.20 Å². The highest BCUT2D eigenvalue weighted by atomic mass is 16.5. The standard InChI is InChI=1S/C68H72N4O/c1-64(2,3)49-33-34-69-62(40-49)72-59-32-24-23-31-57(59)63-58(66(7,8)9)42-56(43-60(63)72)73-55-39-52(68(12,13)48-29-21-16-22-30-48)37-53(41-55)70-44-61(46-25-17-14-18-26-46)71(45-70)54-36-50(65(4,5)6)35-51(38-54)67(10,11)47-27-19-15-20-28-47/h14-44H,45H2,1-13H3. The zero-order valence-electron chi connectivity index (χ0n) is 45.3. The Morgan fingerprint density at radius 1 is 0.438 bits per heavy atom. The van der Waals surface area contributed by atoms with Crippen molar-refractivity contribution in [1.29, 1.82) is 0 Å². The molecule has 5 heteroatoms. The van der Waals surface area contributed by atoms with Gasteiger partial charge in [0.2, 0.25) is 0 Å². The Morgan fingerprint density at radius 3 is 1.60 bits per heavy atom. The van der Waals surface area contributed by atoms with Gasteiger partial charge in [-0.3, -0.25) is 4.57 Å². The number of hydrogen-bond acceptors (Lipinski definition) is 4. The summed E-state index contributed by atoms with van der Waals surface area (Å²) in [5.74, 6) is 2.46. The van der Waals surface area contributed by atoms with Crippen molar-refractivity contribution < 1.29 is 4.74 Å². The summed E-state index contributed by atoms with van der Waals surface area (Å²) in [7, 11) is 0. The number of fused-ring (bicyclic) bond motifs is 3. The molecule has 1 aliphatic rings. The lowest BCUT2D eigenvalue weighted by molar-refractivity contribution is 0.477. The van der Waals surface area contributed by atoms with Crippen molar-refractivity contribution in [3.05, 3.63) is 233 Å². The van der Waals surface area contributed by atoms with Gasteiger partial charge in [-0.1, -0.05) is 205 Å². The molecule has 370 valence electrons. The van der Waals surface area contributed by atoms with E-state index in [9.17, 15) is 0 Å². The normalized spacial score (nSPS) is 13.8. The van der Waals surface area contributed by atoms with Crippen LogP contribution in [-0.2, 0) is 27.1 Å². The fourth-order valence-electron chi connectivity index (χ4n) is 10.6. The molecule has 9 aromatic rings. The smallest absolute Gasteiger partial charge is 0.137 e. The molecule has 7 aromatic carbocycles. The third-order valence-corrected chi connectivity index (χ3v) is 15.3. The summed E-state index contributed by atoms with van der Waals surface area (Å²) in [6.07, 6.45) is 4.28. The van der Waals surface area contributed by atoms with Gasteiger partial charge in [-0.25, -0.2) is 4.98 Å². The molecule has 0 saturated heterocycles. The third-order valence-electron chi connectivity index (χ3n) is 15.3. The summed E-state index contributed by atoms with van der Waals surface area (Å²) >= 11 is 0. The van der Waals surface area contributed by atoms with Crippen molar-refractivity contribution in [1.82, 2.24) is 9.55 Å². The molecule has 5 nitrogen and oxygen atoms in total. The van der Waals surface area contributed by atoms with Gasteiger partial charge in [0.1, 0.15) is 17.3 Å². The Balaban J connectivity index is 1.14. The van der Waals surface area contributed by atoms with E-state index in [2.05, 4.69) is 287 Å². The van der Waals surface area contributed by atoms with E-state index >= 15 is 0 Å². The second kappa shape index (κ2) is 18.3. The highest BCUT2D eigenvalue weighted by molar-refractivity contribution is 6.11. The largest absolute Gasteiger partial charge is 0.457 e. The predicted octanol–water partition coefficient (Wildman–Crippen LogP) is 17.8. The number of nitrogens with zero attached hydrogens (tertiary/aromatic N) is 4. The first-order chi connectivity index (χ1) is 34.6. The van der Waals surface area contributed by atoms with E-state index in [0.717, 1.165) is 50.9 Å². The quantitative estimate of drug-likeness (QED) is 0.137. The zero-order valence-corrected chi connectivity index (χ0v) is 45.3. The summed E-state index contributed by atoms with van der Waals surface area (Å²) in [4.78, 5) is 9.93. The molecule has 0 N–H and O–H groups in total. The lowest BCUT2D eigenvalue weighted by Gasteiger charge is -2.32. The van der Waals surface area contributed by atoms with Crippen LogP contribution in [0.15, 0.2) is 188 Å². The number of ether oxygens (including phenoxy) is 1. The molecule has 3 heterocycles. The first-order valence-electron chi connectivity index (χ1n) is 26.0. The number of aromatic nitrogens is 2. The van der Waals surface area contributed by atoms with Crippen LogP contribution < -0.4 is 14.5 Å². The van der Waals surface area contributed by atoms with E-state index < -0.39 is 0 Å². The number of hydrogen-bond donors (Lipinski definition) is 0. The van der Waals surface area contributed by atoms with Crippen LogP contribution in [0.4, 0.5) is 11.4 Å². The lowest BCUT2D eigenvalue weighted by Crippen LogP contribution is -2.28. The van der Waals surface area contributed by atoms with Crippen LogP contribution in [0.3, 0.4) is 0 Å². The maximum absolute atomic E-state index is 7.34. The van der Waals surface area contributed by atoms with Gasteiger partial charge < -0.3 is 14.5 Å². The van der Waals surface area contributed by atoms with Crippen LogP contribution in [0.5, 0.6) is 11.5 Å². The van der Waals surface area contributed by atoms with E-state index in [0.29, 0.717) is 6.67 Å². The molecule has 1 aliphatic heterocycles. The summed E-state index contributed by atoms with van der Waals surface area (Å²) in [5.41, 5.74) is 14.6. The van der Waals surface area contributed by atoms with Gasteiger partial charge >= 0.3 is 0 Å². The number of para-hydroxylation sites is 1. The first-order valence-corrected chi connectivity index (χ1v) is 26.0. The average molecular weight is 961 g/mol. The van der Waals surface area contributed by atoms with Crippen LogP contribution in [0.2, 0.25) is 0 Å². The Hall–Kier alpha value is -7.37. The second-order valence-electron chi connectivity index (χ2n) is 24.4. The van der Waals surface area contributed by atoms with Crippen LogP contribution in [0.1, 0.15) is 135 Å². The predicted molar refractivity (Wildman–Crippen MR) is 309 cm³/mol. The van der Waals surface area contributed by atoms with E-state index in [1.165, 1.54) is 49.8 Å². The molecule has 0 fully saturated rings. The topological polar surface area (TPSA) is 33.5 Å². The lowest BCUT2D eigenvalue weighted by atomic mass is 9.75. The molecule has 0 saturated carbocycles. The minimum absolute atomic E-state index is 0.0420. The zero-order chi connectivity index (χ0) is 51.7. The van der Waals surface area contributed by atoms with Gasteiger partial charge in [-0.15, -0.1) is 0 Å². The molecule has 0 bridgehead atoms. The Labute approximate surface area is 434 Å². The van der Waals surface area contributed by atoms with Crippen LogP contribution in [-0.4, -0.2) is 16.2 Å². The van der Waals surface area contributed by atoms with Crippen LogP contribution in [0, 0.1) is 0 Å². The molecular weight excluding hydrogens is 889 g/mol. The summed E-state index contributed by atoms with van der Waals surface area (Å²) < 4.78 is 9.67. The van der Waals surface area contributed by atoms with Gasteiger partial charge in [-0.05, 0) is 109 Å². The summed E-state index contributed by atoms with van der Waals surface area (Å²) in [6, 6.07) is 64.3.